The molecule has 0 saturated heterocycles. The minimum atomic E-state index is -0.454. The number of nitrogens with zero attached hydrogens (tertiary/aromatic N) is 2. The van der Waals surface area contributed by atoms with E-state index in [1.165, 1.54) is 30.5 Å². The smallest absolute Gasteiger partial charge is 0.273 e. The largest absolute Gasteiger partial charge is 0.484 e. The zero-order chi connectivity index (χ0) is 28.2. The number of aromatic nitrogens is 1. The zero-order valence-electron chi connectivity index (χ0n) is 22.2. The predicted octanol–water partition coefficient (Wildman–Crippen LogP) is 5.59. The maximum absolute atomic E-state index is 13.7. The van der Waals surface area contributed by atoms with Crippen LogP contribution in [-0.4, -0.2) is 28.2 Å². The van der Waals surface area contributed by atoms with Crippen molar-refractivity contribution >= 4 is 11.8 Å². The third-order valence-corrected chi connectivity index (χ3v) is 6.80. The van der Waals surface area contributed by atoms with Gasteiger partial charge in [0.25, 0.3) is 5.91 Å². The van der Waals surface area contributed by atoms with E-state index in [-0.39, 0.29) is 54.2 Å². The Morgan fingerprint density at radius 1 is 1.07 bits per heavy atom. The first-order valence-corrected chi connectivity index (χ1v) is 13.1. The average Bonchev–Trinajstić information content (AvgIpc) is 3.43. The fourth-order valence-corrected chi connectivity index (χ4v) is 4.80. The van der Waals surface area contributed by atoms with Crippen molar-refractivity contribution in [3.8, 4) is 5.75 Å². The zero-order valence-corrected chi connectivity index (χ0v) is 22.2. The van der Waals surface area contributed by atoms with Crippen molar-refractivity contribution < 1.29 is 27.5 Å². The molecule has 2 heterocycles. The first-order valence-electron chi connectivity index (χ1n) is 13.1. The molecule has 0 fully saturated rings. The number of rotatable bonds is 8. The van der Waals surface area contributed by atoms with Crippen LogP contribution in [0.15, 0.2) is 77.4 Å². The monoisotopic (exact) mass is 545 g/mol. The molecule has 0 aliphatic carbocycles. The van der Waals surface area contributed by atoms with E-state index in [2.05, 4.69) is 10.3 Å². The number of fused-ring (bicyclic) bond motifs is 1. The van der Waals surface area contributed by atoms with Gasteiger partial charge in [-0.05, 0) is 65.1 Å². The van der Waals surface area contributed by atoms with Crippen molar-refractivity contribution in [3.05, 3.63) is 118 Å². The van der Waals surface area contributed by atoms with Crippen LogP contribution in [0, 0.1) is 17.6 Å². The Hall–Kier alpha value is -4.53. The molecule has 1 N–H and O–H groups in total. The summed E-state index contributed by atoms with van der Waals surface area (Å²) in [6, 6.07) is 17.5. The van der Waals surface area contributed by atoms with E-state index in [9.17, 15) is 18.4 Å². The summed E-state index contributed by atoms with van der Waals surface area (Å²) in [5.74, 6) is -0.585. The summed E-state index contributed by atoms with van der Waals surface area (Å²) in [6.07, 6.45) is 1.94. The molecule has 4 aromatic rings. The molecule has 1 aromatic heterocycles. The van der Waals surface area contributed by atoms with Gasteiger partial charge in [-0.1, -0.05) is 44.2 Å². The molecule has 1 aliphatic heterocycles. The number of ether oxygens (including phenoxy) is 1. The molecular weight excluding hydrogens is 516 g/mol. The Balaban J connectivity index is 1.30. The van der Waals surface area contributed by atoms with Gasteiger partial charge >= 0.3 is 0 Å². The van der Waals surface area contributed by atoms with E-state index >= 15 is 0 Å². The van der Waals surface area contributed by atoms with Crippen LogP contribution in [0.3, 0.4) is 0 Å². The normalized spacial score (nSPS) is 14.6. The second-order valence-electron chi connectivity index (χ2n) is 9.98. The quantitative estimate of drug-likeness (QED) is 0.312. The average molecular weight is 546 g/mol. The Kier molecular flexibility index (Phi) is 7.91. The molecule has 0 spiro atoms. The molecule has 1 aliphatic rings. The minimum absolute atomic E-state index is 0.0220. The standard InChI is InChI=1S/C31H29F2N3O4/c1-19(2)31(38)36-13-12-21-8-11-25(15-26(21)29(36)22-6-9-23(32)10-7-22)39-18-28-35-27(17-40-28)30(37)34-16-20-4-3-5-24(33)14-20/h3-11,14-15,17,19,29H,12-13,16,18H2,1-2H3,(H,34,37). The summed E-state index contributed by atoms with van der Waals surface area (Å²) >= 11 is 0. The Morgan fingerprint density at radius 2 is 1.88 bits per heavy atom. The Bertz CT molecular complexity index is 1520. The van der Waals surface area contributed by atoms with Gasteiger partial charge in [0.05, 0.1) is 6.04 Å². The van der Waals surface area contributed by atoms with Gasteiger partial charge in [-0.15, -0.1) is 0 Å². The summed E-state index contributed by atoms with van der Waals surface area (Å²) in [4.78, 5) is 31.6. The molecule has 0 saturated carbocycles. The number of halogens is 2. The van der Waals surface area contributed by atoms with Gasteiger partial charge in [0.2, 0.25) is 11.8 Å². The number of benzene rings is 3. The Morgan fingerprint density at radius 3 is 2.62 bits per heavy atom. The minimum Gasteiger partial charge on any atom is -0.484 e. The number of amides is 2. The number of nitrogens with one attached hydrogen (secondary N) is 1. The van der Waals surface area contributed by atoms with Crippen molar-refractivity contribution in [2.75, 3.05) is 6.54 Å². The lowest BCUT2D eigenvalue weighted by Gasteiger charge is -2.39. The van der Waals surface area contributed by atoms with Gasteiger partial charge in [0.15, 0.2) is 12.3 Å². The van der Waals surface area contributed by atoms with E-state index in [4.69, 9.17) is 9.15 Å². The SMILES string of the molecule is CC(C)C(=O)N1CCc2ccc(OCc3nc(C(=O)NCc4cccc(F)c4)co3)cc2C1c1ccc(F)cc1. The second-order valence-corrected chi connectivity index (χ2v) is 9.98. The topological polar surface area (TPSA) is 84.7 Å². The molecule has 1 unspecified atom stereocenters. The lowest BCUT2D eigenvalue weighted by atomic mass is 9.87. The highest BCUT2D eigenvalue weighted by atomic mass is 19.1. The van der Waals surface area contributed by atoms with E-state index in [1.807, 2.05) is 36.9 Å². The summed E-state index contributed by atoms with van der Waals surface area (Å²) in [6.45, 7) is 4.42. The van der Waals surface area contributed by atoms with Gasteiger partial charge in [-0.3, -0.25) is 9.59 Å². The molecule has 1 atom stereocenters. The van der Waals surface area contributed by atoms with Crippen LogP contribution in [0.2, 0.25) is 0 Å². The van der Waals surface area contributed by atoms with Crippen LogP contribution < -0.4 is 10.1 Å². The highest BCUT2D eigenvalue weighted by Gasteiger charge is 2.33. The molecule has 5 rings (SSSR count). The molecular formula is C31H29F2N3O4. The maximum Gasteiger partial charge on any atom is 0.273 e. The predicted molar refractivity (Wildman–Crippen MR) is 143 cm³/mol. The van der Waals surface area contributed by atoms with E-state index in [1.54, 1.807) is 24.3 Å². The molecule has 3 aromatic carbocycles. The van der Waals surface area contributed by atoms with E-state index < -0.39 is 5.91 Å². The first-order chi connectivity index (χ1) is 19.3. The number of oxazole rings is 1. The molecule has 0 bridgehead atoms. The number of hydrogen-bond donors (Lipinski definition) is 1. The van der Waals surface area contributed by atoms with Gasteiger partial charge in [0, 0.05) is 19.0 Å². The Labute approximate surface area is 230 Å². The van der Waals surface area contributed by atoms with Crippen LogP contribution in [0.4, 0.5) is 8.78 Å². The highest BCUT2D eigenvalue weighted by Crippen LogP contribution is 2.38. The third-order valence-electron chi connectivity index (χ3n) is 6.80. The van der Waals surface area contributed by atoms with Crippen LogP contribution in [0.5, 0.6) is 5.75 Å². The maximum atomic E-state index is 13.7. The molecule has 7 nitrogen and oxygen atoms in total. The van der Waals surface area contributed by atoms with Crippen LogP contribution in [0.25, 0.3) is 0 Å². The van der Waals surface area contributed by atoms with Gasteiger partial charge in [0.1, 0.15) is 23.6 Å². The van der Waals surface area contributed by atoms with Gasteiger partial charge < -0.3 is 19.4 Å². The summed E-state index contributed by atoms with van der Waals surface area (Å²) in [5, 5.41) is 2.68. The van der Waals surface area contributed by atoms with E-state index in [0.29, 0.717) is 24.3 Å². The lowest BCUT2D eigenvalue weighted by Crippen LogP contribution is -2.42. The summed E-state index contributed by atoms with van der Waals surface area (Å²) in [7, 11) is 0. The van der Waals surface area contributed by atoms with Crippen molar-refractivity contribution in [1.82, 2.24) is 15.2 Å². The fraction of sp³-hybridized carbons (Fsp3) is 0.258. The highest BCUT2D eigenvalue weighted by molar-refractivity contribution is 5.91. The molecule has 0 radical (unpaired) electrons. The molecule has 2 amide bonds. The molecule has 206 valence electrons. The number of hydrogen-bond acceptors (Lipinski definition) is 5. The number of carbonyl (C=O) groups is 2. The van der Waals surface area contributed by atoms with Crippen molar-refractivity contribution in [1.29, 1.82) is 0 Å². The number of carbonyl (C=O) groups excluding carboxylic acids is 2. The third kappa shape index (κ3) is 6.03. The fourth-order valence-electron chi connectivity index (χ4n) is 4.80. The van der Waals surface area contributed by atoms with Crippen molar-refractivity contribution in [2.45, 2.75) is 39.5 Å². The van der Waals surface area contributed by atoms with Gasteiger partial charge in [-0.2, -0.15) is 0 Å². The van der Waals surface area contributed by atoms with Crippen LogP contribution in [-0.2, 0) is 24.4 Å². The van der Waals surface area contributed by atoms with Crippen LogP contribution in [0.1, 0.15) is 58.5 Å². The van der Waals surface area contributed by atoms with Crippen LogP contribution >= 0.6 is 0 Å². The van der Waals surface area contributed by atoms with Crippen molar-refractivity contribution in [2.24, 2.45) is 5.92 Å². The second kappa shape index (κ2) is 11.7. The molecule has 40 heavy (non-hydrogen) atoms. The lowest BCUT2D eigenvalue weighted by molar-refractivity contribution is -0.136. The molecule has 9 heteroatoms. The van der Waals surface area contributed by atoms with Gasteiger partial charge in [-0.25, -0.2) is 13.8 Å². The summed E-state index contributed by atoms with van der Waals surface area (Å²) < 4.78 is 38.4. The van der Waals surface area contributed by atoms with Crippen molar-refractivity contribution in [3.63, 3.8) is 0 Å². The first kappa shape index (κ1) is 27.1. The summed E-state index contributed by atoms with van der Waals surface area (Å²) in [5.41, 5.74) is 3.52. The van der Waals surface area contributed by atoms with E-state index in [0.717, 1.165) is 16.7 Å².